The third-order valence-corrected chi connectivity index (χ3v) is 4.10. The van der Waals surface area contributed by atoms with Gasteiger partial charge in [-0.05, 0) is 56.2 Å². The van der Waals surface area contributed by atoms with Gasteiger partial charge in [0, 0.05) is 11.3 Å². The molecule has 0 saturated carbocycles. The van der Waals surface area contributed by atoms with Crippen molar-refractivity contribution in [1.82, 2.24) is 0 Å². The van der Waals surface area contributed by atoms with Crippen molar-refractivity contribution in [2.45, 2.75) is 20.8 Å². The molecule has 0 aliphatic heterocycles. The average Bonchev–Trinajstić information content (AvgIpc) is 2.59. The molecule has 0 unspecified atom stereocenters. The Hall–Kier alpha value is -2.87. The van der Waals surface area contributed by atoms with Crippen molar-refractivity contribution >= 4 is 17.3 Å². The Morgan fingerprint density at radius 3 is 1.79 bits per heavy atom. The molecule has 0 aliphatic carbocycles. The topological polar surface area (TPSA) is 20.3 Å². The predicted molar refractivity (Wildman–Crippen MR) is 100 cm³/mol. The van der Waals surface area contributed by atoms with Crippen LogP contribution in [0.4, 0.5) is 11.4 Å². The smallest absolute Gasteiger partial charge is 0.262 e. The van der Waals surface area contributed by atoms with E-state index in [2.05, 4.69) is 32.9 Å². The van der Waals surface area contributed by atoms with Crippen molar-refractivity contribution < 1.29 is 4.79 Å². The first-order valence-corrected chi connectivity index (χ1v) is 8.10. The highest BCUT2D eigenvalue weighted by molar-refractivity contribution is 6.11. The largest absolute Gasteiger partial charge is 0.276 e. The van der Waals surface area contributed by atoms with Gasteiger partial charge in [-0.15, -0.1) is 0 Å². The number of hydrogen-bond acceptors (Lipinski definition) is 1. The Bertz CT molecular complexity index is 831. The molecule has 0 aliphatic rings. The Kier molecular flexibility index (Phi) is 4.48. The van der Waals surface area contributed by atoms with Crippen molar-refractivity contribution in [3.05, 3.63) is 95.1 Å². The molecule has 0 radical (unpaired) electrons. The number of benzene rings is 3. The van der Waals surface area contributed by atoms with Gasteiger partial charge in [0.2, 0.25) is 0 Å². The zero-order valence-corrected chi connectivity index (χ0v) is 14.3. The van der Waals surface area contributed by atoms with Gasteiger partial charge in [0.05, 0.1) is 5.69 Å². The molecule has 1 amide bonds. The maximum absolute atomic E-state index is 13.3. The molecule has 2 heteroatoms. The van der Waals surface area contributed by atoms with Crippen LogP contribution >= 0.6 is 0 Å². The number of anilines is 2. The van der Waals surface area contributed by atoms with Gasteiger partial charge in [0.25, 0.3) is 5.91 Å². The molecule has 120 valence electrons. The van der Waals surface area contributed by atoms with Gasteiger partial charge in [-0.3, -0.25) is 9.69 Å². The molecule has 0 N–H and O–H groups in total. The molecule has 0 saturated heterocycles. The average molecular weight is 315 g/mol. The monoisotopic (exact) mass is 315 g/mol. The van der Waals surface area contributed by atoms with E-state index in [0.29, 0.717) is 5.56 Å². The summed E-state index contributed by atoms with van der Waals surface area (Å²) < 4.78 is 0. The summed E-state index contributed by atoms with van der Waals surface area (Å²) >= 11 is 0. The summed E-state index contributed by atoms with van der Waals surface area (Å²) in [4.78, 5) is 15.1. The first kappa shape index (κ1) is 16.0. The van der Waals surface area contributed by atoms with E-state index in [4.69, 9.17) is 0 Å². The Morgan fingerprint density at radius 2 is 1.25 bits per heavy atom. The second-order valence-corrected chi connectivity index (χ2v) is 6.09. The second-order valence-electron chi connectivity index (χ2n) is 6.09. The van der Waals surface area contributed by atoms with E-state index in [1.807, 2.05) is 65.6 Å². The number of carbonyl (C=O) groups is 1. The van der Waals surface area contributed by atoms with E-state index in [1.165, 1.54) is 5.56 Å². The molecule has 3 aromatic rings. The minimum atomic E-state index is -0.0168. The van der Waals surface area contributed by atoms with E-state index in [1.54, 1.807) is 0 Å². The quantitative estimate of drug-likeness (QED) is 0.617. The SMILES string of the molecule is Cc1cc(C)c(N(C(=O)c2ccccc2)c2ccccc2)c(C)c1. The maximum Gasteiger partial charge on any atom is 0.262 e. The zero-order valence-electron chi connectivity index (χ0n) is 14.3. The number of hydrogen-bond donors (Lipinski definition) is 0. The lowest BCUT2D eigenvalue weighted by Gasteiger charge is -2.27. The lowest BCUT2D eigenvalue weighted by atomic mass is 10.0. The number of amides is 1. The molecule has 0 aromatic heterocycles. The fourth-order valence-corrected chi connectivity index (χ4v) is 3.16. The van der Waals surface area contributed by atoms with Gasteiger partial charge in [0.15, 0.2) is 0 Å². The predicted octanol–water partition coefficient (Wildman–Crippen LogP) is 5.59. The number of aryl methyl sites for hydroxylation is 3. The highest BCUT2D eigenvalue weighted by atomic mass is 16.2. The standard InChI is InChI=1S/C22H21NO/c1-16-14-17(2)21(18(3)15-16)23(20-12-8-5-9-13-20)22(24)19-10-6-4-7-11-19/h4-15H,1-3H3. The fourth-order valence-electron chi connectivity index (χ4n) is 3.16. The molecule has 0 bridgehead atoms. The Morgan fingerprint density at radius 1 is 0.750 bits per heavy atom. The summed E-state index contributed by atoms with van der Waals surface area (Å²) in [6.07, 6.45) is 0. The molecule has 3 rings (SSSR count). The lowest BCUT2D eigenvalue weighted by molar-refractivity contribution is 0.0999. The zero-order chi connectivity index (χ0) is 17.1. The minimum absolute atomic E-state index is 0.0168. The lowest BCUT2D eigenvalue weighted by Crippen LogP contribution is -2.27. The summed E-state index contributed by atoms with van der Waals surface area (Å²) in [6, 6.07) is 23.5. The summed E-state index contributed by atoms with van der Waals surface area (Å²) in [5, 5.41) is 0. The fraction of sp³-hybridized carbons (Fsp3) is 0.136. The van der Waals surface area contributed by atoms with Gasteiger partial charge in [0.1, 0.15) is 0 Å². The Balaban J connectivity index is 2.19. The molecular formula is C22H21NO. The van der Waals surface area contributed by atoms with E-state index in [0.717, 1.165) is 22.5 Å². The molecular weight excluding hydrogens is 294 g/mol. The molecule has 0 fully saturated rings. The number of para-hydroxylation sites is 1. The van der Waals surface area contributed by atoms with Crippen LogP contribution < -0.4 is 4.90 Å². The number of rotatable bonds is 3. The van der Waals surface area contributed by atoms with Crippen molar-refractivity contribution in [2.24, 2.45) is 0 Å². The summed E-state index contributed by atoms with van der Waals surface area (Å²) in [5.74, 6) is -0.0168. The first-order chi connectivity index (χ1) is 11.6. The van der Waals surface area contributed by atoms with Gasteiger partial charge in [-0.1, -0.05) is 54.1 Å². The van der Waals surface area contributed by atoms with Crippen molar-refractivity contribution in [1.29, 1.82) is 0 Å². The molecule has 0 heterocycles. The van der Waals surface area contributed by atoms with E-state index < -0.39 is 0 Å². The third kappa shape index (κ3) is 3.09. The molecule has 24 heavy (non-hydrogen) atoms. The van der Waals surface area contributed by atoms with Crippen LogP contribution in [0.5, 0.6) is 0 Å². The summed E-state index contributed by atoms with van der Waals surface area (Å²) in [6.45, 7) is 6.20. The van der Waals surface area contributed by atoms with Crippen LogP contribution in [-0.2, 0) is 0 Å². The van der Waals surface area contributed by atoms with Gasteiger partial charge >= 0.3 is 0 Å². The van der Waals surface area contributed by atoms with Crippen LogP contribution in [-0.4, -0.2) is 5.91 Å². The van der Waals surface area contributed by atoms with Gasteiger partial charge < -0.3 is 0 Å². The summed E-state index contributed by atoms with van der Waals surface area (Å²) in [7, 11) is 0. The second kappa shape index (κ2) is 6.71. The van der Waals surface area contributed by atoms with Crippen molar-refractivity contribution in [2.75, 3.05) is 4.90 Å². The summed E-state index contributed by atoms with van der Waals surface area (Å²) in [5.41, 5.74) is 5.91. The molecule has 3 aromatic carbocycles. The Labute approximate surface area is 143 Å². The first-order valence-electron chi connectivity index (χ1n) is 8.10. The normalized spacial score (nSPS) is 10.5. The van der Waals surface area contributed by atoms with E-state index in [9.17, 15) is 4.79 Å². The van der Waals surface area contributed by atoms with E-state index >= 15 is 0 Å². The number of nitrogens with zero attached hydrogens (tertiary/aromatic N) is 1. The molecule has 2 nitrogen and oxygen atoms in total. The van der Waals surface area contributed by atoms with Crippen LogP contribution in [0.3, 0.4) is 0 Å². The molecule has 0 spiro atoms. The van der Waals surface area contributed by atoms with Crippen LogP contribution in [0.1, 0.15) is 27.0 Å². The van der Waals surface area contributed by atoms with Crippen molar-refractivity contribution in [3.8, 4) is 0 Å². The van der Waals surface area contributed by atoms with Crippen molar-refractivity contribution in [3.63, 3.8) is 0 Å². The van der Waals surface area contributed by atoms with E-state index in [-0.39, 0.29) is 5.91 Å². The molecule has 0 atom stereocenters. The van der Waals surface area contributed by atoms with Crippen LogP contribution in [0.2, 0.25) is 0 Å². The minimum Gasteiger partial charge on any atom is -0.276 e. The highest BCUT2D eigenvalue weighted by Crippen LogP contribution is 2.33. The third-order valence-electron chi connectivity index (χ3n) is 4.10. The van der Waals surface area contributed by atoms with Gasteiger partial charge in [-0.2, -0.15) is 0 Å². The van der Waals surface area contributed by atoms with Crippen LogP contribution in [0, 0.1) is 20.8 Å². The van der Waals surface area contributed by atoms with Gasteiger partial charge in [-0.25, -0.2) is 0 Å². The van der Waals surface area contributed by atoms with Crippen LogP contribution in [0.15, 0.2) is 72.8 Å². The maximum atomic E-state index is 13.3. The van der Waals surface area contributed by atoms with Crippen LogP contribution in [0.25, 0.3) is 0 Å². The number of carbonyl (C=O) groups excluding carboxylic acids is 1. The highest BCUT2D eigenvalue weighted by Gasteiger charge is 2.22.